The Hall–Kier alpha value is -1.64. The molecule has 1 heterocycles. The second kappa shape index (κ2) is 9.34. The van der Waals surface area contributed by atoms with E-state index in [1.54, 1.807) is 7.11 Å². The van der Waals surface area contributed by atoms with Gasteiger partial charge in [-0.15, -0.1) is 0 Å². The van der Waals surface area contributed by atoms with Gasteiger partial charge in [0.05, 0.1) is 18.1 Å². The Labute approximate surface area is 151 Å². The molecule has 1 saturated heterocycles. The van der Waals surface area contributed by atoms with Gasteiger partial charge in [-0.2, -0.15) is 13.2 Å². The highest BCUT2D eigenvalue weighted by Crippen LogP contribution is 2.29. The lowest BCUT2D eigenvalue weighted by Crippen LogP contribution is -2.38. The maximum atomic E-state index is 12.6. The molecule has 0 radical (unpaired) electrons. The summed E-state index contributed by atoms with van der Waals surface area (Å²) >= 11 is 0. The Balaban J connectivity index is 1.87. The third-order valence-electron chi connectivity index (χ3n) is 4.63. The molecule has 0 saturated carbocycles. The number of nitrogens with two attached hydrogens (primary N) is 1. The highest BCUT2D eigenvalue weighted by Gasteiger charge is 2.30. The smallest absolute Gasteiger partial charge is 0.380 e. The van der Waals surface area contributed by atoms with Crippen LogP contribution in [-0.4, -0.2) is 61.6 Å². The van der Waals surface area contributed by atoms with Crippen molar-refractivity contribution in [1.29, 1.82) is 0 Å². The molecule has 0 spiro atoms. The van der Waals surface area contributed by atoms with Gasteiger partial charge in [0.2, 0.25) is 5.91 Å². The second-order valence-corrected chi connectivity index (χ2v) is 6.50. The number of methoxy groups -OCH3 is 1. The molecule has 8 heteroatoms. The van der Waals surface area contributed by atoms with E-state index in [-0.39, 0.29) is 18.4 Å². The van der Waals surface area contributed by atoms with Crippen LogP contribution < -0.4 is 5.73 Å². The van der Waals surface area contributed by atoms with Gasteiger partial charge in [0.1, 0.15) is 0 Å². The number of alkyl halides is 3. The molecule has 2 rings (SSSR count). The maximum absolute atomic E-state index is 12.6. The molecule has 146 valence electrons. The summed E-state index contributed by atoms with van der Waals surface area (Å²) in [5.41, 5.74) is 5.76. The summed E-state index contributed by atoms with van der Waals surface area (Å²) in [7, 11) is 1.54. The van der Waals surface area contributed by atoms with Crippen LogP contribution >= 0.6 is 0 Å². The fourth-order valence-electron chi connectivity index (χ4n) is 3.02. The molecule has 2 N–H and O–H groups in total. The minimum absolute atomic E-state index is 0.0266. The van der Waals surface area contributed by atoms with Crippen molar-refractivity contribution in [3.63, 3.8) is 0 Å². The molecular weight excluding hydrogens is 347 g/mol. The number of amides is 1. The van der Waals surface area contributed by atoms with Gasteiger partial charge in [0.25, 0.3) is 0 Å². The van der Waals surface area contributed by atoms with Crippen LogP contribution in [0.2, 0.25) is 0 Å². The molecule has 1 aliphatic heterocycles. The number of carbonyl (C=O) groups is 1. The Morgan fingerprint density at radius 1 is 1.19 bits per heavy atom. The third kappa shape index (κ3) is 5.96. The monoisotopic (exact) mass is 373 g/mol. The van der Waals surface area contributed by atoms with Crippen molar-refractivity contribution in [2.75, 3.05) is 39.8 Å². The minimum atomic E-state index is -4.31. The van der Waals surface area contributed by atoms with E-state index in [1.165, 1.54) is 12.1 Å². The Morgan fingerprint density at radius 2 is 1.88 bits per heavy atom. The highest BCUT2D eigenvalue weighted by atomic mass is 19.4. The third-order valence-corrected chi connectivity index (χ3v) is 4.63. The Kier molecular flexibility index (Phi) is 7.43. The first-order chi connectivity index (χ1) is 12.3. The van der Waals surface area contributed by atoms with Crippen LogP contribution in [-0.2, 0) is 22.3 Å². The largest absolute Gasteiger partial charge is 0.416 e. The van der Waals surface area contributed by atoms with Crippen molar-refractivity contribution in [2.45, 2.75) is 31.7 Å². The first kappa shape index (κ1) is 20.7. The lowest BCUT2D eigenvalue weighted by Gasteiger charge is -2.23. The number of hydrogen-bond acceptors (Lipinski definition) is 4. The molecule has 0 aliphatic carbocycles. The van der Waals surface area contributed by atoms with Gasteiger partial charge in [-0.3, -0.25) is 9.69 Å². The van der Waals surface area contributed by atoms with Gasteiger partial charge in [0, 0.05) is 46.4 Å². The molecule has 5 nitrogen and oxygen atoms in total. The zero-order valence-corrected chi connectivity index (χ0v) is 15.0. The number of carbonyl (C=O) groups excluding carboxylic acids is 1. The zero-order chi connectivity index (χ0) is 19.2. The van der Waals surface area contributed by atoms with Crippen LogP contribution in [0, 0.1) is 0 Å². The molecule has 1 unspecified atom stereocenters. The van der Waals surface area contributed by atoms with Crippen LogP contribution in [0.5, 0.6) is 0 Å². The number of hydrogen-bond donors (Lipinski definition) is 1. The van der Waals surface area contributed by atoms with Crippen LogP contribution in [0.15, 0.2) is 24.3 Å². The van der Waals surface area contributed by atoms with Gasteiger partial charge in [-0.05, 0) is 24.1 Å². The Bertz CT molecular complexity index is 574. The highest BCUT2D eigenvalue weighted by molar-refractivity contribution is 5.76. The topological polar surface area (TPSA) is 58.8 Å². The van der Waals surface area contributed by atoms with E-state index in [9.17, 15) is 18.0 Å². The van der Waals surface area contributed by atoms with E-state index >= 15 is 0 Å². The van der Waals surface area contributed by atoms with E-state index in [1.807, 2.05) is 4.90 Å². The van der Waals surface area contributed by atoms with Gasteiger partial charge < -0.3 is 15.4 Å². The lowest BCUT2D eigenvalue weighted by molar-refractivity contribution is -0.137. The van der Waals surface area contributed by atoms with Crippen molar-refractivity contribution in [1.82, 2.24) is 9.80 Å². The SMILES string of the molecule is COC(CN)CC(=O)N1CCCN(Cc2ccc(C(F)(F)F)cc2)CC1. The first-order valence-corrected chi connectivity index (χ1v) is 8.72. The predicted octanol–water partition coefficient (Wildman–Crippen LogP) is 2.10. The van der Waals surface area contributed by atoms with Gasteiger partial charge in [-0.25, -0.2) is 0 Å². The van der Waals surface area contributed by atoms with Gasteiger partial charge >= 0.3 is 6.18 Å². The molecular formula is C18H26F3N3O2. The first-order valence-electron chi connectivity index (χ1n) is 8.72. The number of nitrogens with zero attached hydrogens (tertiary/aromatic N) is 2. The van der Waals surface area contributed by atoms with Crippen molar-refractivity contribution in [3.8, 4) is 0 Å². The van der Waals surface area contributed by atoms with Crippen molar-refractivity contribution < 1.29 is 22.7 Å². The average Bonchev–Trinajstić information content (AvgIpc) is 2.85. The average molecular weight is 373 g/mol. The van der Waals surface area contributed by atoms with Crippen molar-refractivity contribution in [2.24, 2.45) is 5.73 Å². The van der Waals surface area contributed by atoms with Crippen molar-refractivity contribution >= 4 is 5.91 Å². The summed E-state index contributed by atoms with van der Waals surface area (Å²) in [6.45, 7) is 3.63. The minimum Gasteiger partial charge on any atom is -0.380 e. The van der Waals surface area contributed by atoms with Crippen molar-refractivity contribution in [3.05, 3.63) is 35.4 Å². The number of ether oxygens (including phenoxy) is 1. The van der Waals surface area contributed by atoms with Gasteiger partial charge in [-0.1, -0.05) is 12.1 Å². The quantitative estimate of drug-likeness (QED) is 0.830. The van der Waals surface area contributed by atoms with E-state index < -0.39 is 11.7 Å². The molecule has 0 bridgehead atoms. The van der Waals surface area contributed by atoms with Gasteiger partial charge in [0.15, 0.2) is 0 Å². The zero-order valence-electron chi connectivity index (χ0n) is 15.0. The number of halogens is 3. The predicted molar refractivity (Wildman–Crippen MR) is 92.4 cm³/mol. The maximum Gasteiger partial charge on any atom is 0.416 e. The Morgan fingerprint density at radius 3 is 2.46 bits per heavy atom. The van der Waals surface area contributed by atoms with Crippen LogP contribution in [0.3, 0.4) is 0 Å². The van der Waals surface area contributed by atoms with E-state index in [2.05, 4.69) is 4.90 Å². The van der Waals surface area contributed by atoms with Crippen LogP contribution in [0.1, 0.15) is 24.0 Å². The molecule has 1 aromatic rings. The fraction of sp³-hybridized carbons (Fsp3) is 0.611. The summed E-state index contributed by atoms with van der Waals surface area (Å²) in [4.78, 5) is 16.3. The fourth-order valence-corrected chi connectivity index (χ4v) is 3.02. The molecule has 1 amide bonds. The second-order valence-electron chi connectivity index (χ2n) is 6.50. The summed E-state index contributed by atoms with van der Waals surface area (Å²) in [6, 6.07) is 5.25. The van der Waals surface area contributed by atoms with E-state index in [4.69, 9.17) is 10.5 Å². The van der Waals surface area contributed by atoms with Crippen LogP contribution in [0.25, 0.3) is 0 Å². The molecule has 1 atom stereocenters. The summed E-state index contributed by atoms with van der Waals surface area (Å²) in [5, 5.41) is 0. The molecule has 1 fully saturated rings. The lowest BCUT2D eigenvalue weighted by atomic mass is 10.1. The van der Waals surface area contributed by atoms with E-state index in [0.29, 0.717) is 32.7 Å². The number of rotatable bonds is 6. The normalized spacial score (nSPS) is 17.8. The van der Waals surface area contributed by atoms with Crippen LogP contribution in [0.4, 0.5) is 13.2 Å². The summed E-state index contributed by atoms with van der Waals surface area (Å²) in [5.74, 6) is 0.0266. The standard InChI is InChI=1S/C18H26F3N3O2/c1-26-16(12-22)11-17(25)24-8-2-7-23(9-10-24)13-14-3-5-15(6-4-14)18(19,20)21/h3-6,16H,2,7-13,22H2,1H3. The molecule has 0 aromatic heterocycles. The molecule has 1 aromatic carbocycles. The molecule has 26 heavy (non-hydrogen) atoms. The molecule has 1 aliphatic rings. The summed E-state index contributed by atoms with van der Waals surface area (Å²) < 4.78 is 43.0. The summed E-state index contributed by atoms with van der Waals surface area (Å²) in [6.07, 6.45) is -3.49. The van der Waals surface area contributed by atoms with E-state index in [0.717, 1.165) is 30.7 Å². The number of benzene rings is 1.